The lowest BCUT2D eigenvalue weighted by atomic mass is 10.0. The molecule has 3 aromatic rings. The molecule has 0 bridgehead atoms. The van der Waals surface area contributed by atoms with E-state index >= 15 is 0 Å². The Morgan fingerprint density at radius 2 is 1.87 bits per heavy atom. The van der Waals surface area contributed by atoms with E-state index in [9.17, 15) is 27.2 Å². The number of nitrogens with zero attached hydrogens (tertiary/aromatic N) is 3. The molecule has 30 heavy (non-hydrogen) atoms. The Labute approximate surface area is 166 Å². The summed E-state index contributed by atoms with van der Waals surface area (Å²) >= 11 is 0. The number of alkyl halides is 3. The quantitative estimate of drug-likeness (QED) is 0.499. The average Bonchev–Trinajstić information content (AvgIpc) is 3.12. The maximum absolute atomic E-state index is 13.6. The van der Waals surface area contributed by atoms with Crippen LogP contribution >= 0.6 is 0 Å². The van der Waals surface area contributed by atoms with Crippen LogP contribution in [0.5, 0.6) is 0 Å². The molecule has 2 heterocycles. The van der Waals surface area contributed by atoms with Gasteiger partial charge >= 0.3 is 18.1 Å². The third-order valence-corrected chi connectivity index (χ3v) is 4.04. The van der Waals surface area contributed by atoms with Crippen molar-refractivity contribution < 1.29 is 37.0 Å². The molecule has 0 aliphatic carbocycles. The van der Waals surface area contributed by atoms with Crippen molar-refractivity contribution in [3.8, 4) is 5.82 Å². The summed E-state index contributed by atoms with van der Waals surface area (Å²) in [6, 6.07) is 6.10. The van der Waals surface area contributed by atoms with Crippen LogP contribution in [0.3, 0.4) is 0 Å². The molecule has 0 unspecified atom stereocenters. The monoisotopic (exact) mass is 423 g/mol. The van der Waals surface area contributed by atoms with Gasteiger partial charge in [0, 0.05) is 12.3 Å². The van der Waals surface area contributed by atoms with E-state index in [0.717, 1.165) is 30.0 Å². The van der Waals surface area contributed by atoms with Crippen molar-refractivity contribution in [3.63, 3.8) is 0 Å². The number of aromatic nitrogens is 3. The van der Waals surface area contributed by atoms with Crippen molar-refractivity contribution in [3.05, 3.63) is 76.5 Å². The maximum atomic E-state index is 13.6. The van der Waals surface area contributed by atoms with Gasteiger partial charge in [-0.1, -0.05) is 0 Å². The summed E-state index contributed by atoms with van der Waals surface area (Å²) in [6.45, 7) is 0. The lowest BCUT2D eigenvalue weighted by Gasteiger charge is -2.10. The van der Waals surface area contributed by atoms with Crippen molar-refractivity contribution in [2.24, 2.45) is 0 Å². The number of carboxylic acid groups (broad SMARTS) is 1. The fourth-order valence-corrected chi connectivity index (χ4v) is 2.75. The molecule has 0 atom stereocenters. The summed E-state index contributed by atoms with van der Waals surface area (Å²) in [5.41, 5.74) is -1.24. The van der Waals surface area contributed by atoms with Crippen LogP contribution in [0.2, 0.25) is 0 Å². The number of pyridine rings is 1. The molecule has 2 aromatic heterocycles. The number of benzene rings is 1. The lowest BCUT2D eigenvalue weighted by molar-refractivity contribution is -0.137. The van der Waals surface area contributed by atoms with Gasteiger partial charge in [-0.15, -0.1) is 0 Å². The van der Waals surface area contributed by atoms with Gasteiger partial charge in [0.25, 0.3) is 0 Å². The number of rotatable bonds is 5. The van der Waals surface area contributed by atoms with Gasteiger partial charge in [0.05, 0.1) is 12.7 Å². The minimum absolute atomic E-state index is 0.0350. The molecule has 0 aliphatic rings. The molecule has 156 valence electrons. The molecule has 0 saturated carbocycles. The van der Waals surface area contributed by atoms with Gasteiger partial charge in [-0.3, -0.25) is 0 Å². The standard InChI is InChI=1S/C19H13F4N3O4/c1-30-18(29)15-9-14(17(27)28)25-26(15)16-7-10(2-3-24-16)4-11-5-12(19(21,22)23)8-13(20)6-11/h2-3,5-9H,4H2,1H3,(H,27,28). The fraction of sp³-hybridized carbons (Fsp3) is 0.158. The van der Waals surface area contributed by atoms with Gasteiger partial charge in [-0.05, 0) is 47.9 Å². The normalized spacial score (nSPS) is 11.4. The smallest absolute Gasteiger partial charge is 0.416 e. The van der Waals surface area contributed by atoms with Crippen molar-refractivity contribution in [1.29, 1.82) is 0 Å². The number of carboxylic acids is 1. The number of hydrogen-bond acceptors (Lipinski definition) is 5. The molecule has 11 heteroatoms. The van der Waals surface area contributed by atoms with Gasteiger partial charge < -0.3 is 9.84 Å². The molecule has 3 rings (SSSR count). The van der Waals surface area contributed by atoms with Crippen LogP contribution in [-0.2, 0) is 17.3 Å². The second kappa shape index (κ2) is 7.93. The second-order valence-corrected chi connectivity index (χ2v) is 6.17. The Kier molecular flexibility index (Phi) is 5.54. The van der Waals surface area contributed by atoms with Crippen molar-refractivity contribution in [2.75, 3.05) is 7.11 Å². The molecule has 7 nitrogen and oxygen atoms in total. The summed E-state index contributed by atoms with van der Waals surface area (Å²) in [5, 5.41) is 12.9. The minimum atomic E-state index is -4.70. The van der Waals surface area contributed by atoms with Crippen molar-refractivity contribution >= 4 is 11.9 Å². The first kappa shape index (κ1) is 21.0. The lowest BCUT2D eigenvalue weighted by Crippen LogP contribution is -2.12. The van der Waals surface area contributed by atoms with Gasteiger partial charge in [-0.25, -0.2) is 23.6 Å². The zero-order chi connectivity index (χ0) is 22.1. The van der Waals surface area contributed by atoms with Crippen LogP contribution in [0.25, 0.3) is 5.82 Å². The highest BCUT2D eigenvalue weighted by atomic mass is 19.4. The predicted molar refractivity (Wildman–Crippen MR) is 93.9 cm³/mol. The number of carbonyl (C=O) groups is 2. The number of ether oxygens (including phenoxy) is 1. The van der Waals surface area contributed by atoms with Gasteiger partial charge in [0.1, 0.15) is 5.82 Å². The Balaban J connectivity index is 2.00. The van der Waals surface area contributed by atoms with Crippen LogP contribution < -0.4 is 0 Å². The van der Waals surface area contributed by atoms with E-state index in [4.69, 9.17) is 5.11 Å². The third kappa shape index (κ3) is 4.45. The van der Waals surface area contributed by atoms with Crippen LogP contribution in [0.15, 0.2) is 42.6 Å². The number of methoxy groups -OCH3 is 1. The number of aromatic carboxylic acids is 1. The molecular weight excluding hydrogens is 410 g/mol. The maximum Gasteiger partial charge on any atom is 0.416 e. The molecule has 0 aliphatic heterocycles. The summed E-state index contributed by atoms with van der Waals surface area (Å²) in [6.07, 6.45) is -3.47. The van der Waals surface area contributed by atoms with Crippen molar-refractivity contribution in [2.45, 2.75) is 12.6 Å². The summed E-state index contributed by atoms with van der Waals surface area (Å²) in [7, 11) is 1.10. The highest BCUT2D eigenvalue weighted by Gasteiger charge is 2.31. The Bertz CT molecular complexity index is 1130. The summed E-state index contributed by atoms with van der Waals surface area (Å²) < 4.78 is 57.9. The Morgan fingerprint density at radius 3 is 2.50 bits per heavy atom. The number of hydrogen-bond donors (Lipinski definition) is 1. The first-order chi connectivity index (χ1) is 14.1. The molecule has 0 fully saturated rings. The molecule has 0 amide bonds. The first-order valence-electron chi connectivity index (χ1n) is 8.32. The topological polar surface area (TPSA) is 94.3 Å². The molecule has 0 spiro atoms. The molecular formula is C19H13F4N3O4. The third-order valence-electron chi connectivity index (χ3n) is 4.04. The van der Waals surface area contributed by atoms with E-state index in [1.165, 1.54) is 18.3 Å². The van der Waals surface area contributed by atoms with Crippen LogP contribution in [0.1, 0.15) is 37.7 Å². The largest absolute Gasteiger partial charge is 0.476 e. The van der Waals surface area contributed by atoms with E-state index in [0.29, 0.717) is 11.6 Å². The van der Waals surface area contributed by atoms with E-state index in [1.54, 1.807) is 0 Å². The molecule has 0 radical (unpaired) electrons. The van der Waals surface area contributed by atoms with E-state index in [-0.39, 0.29) is 23.5 Å². The zero-order valence-electron chi connectivity index (χ0n) is 15.3. The number of carbonyl (C=O) groups excluding carboxylic acids is 1. The van der Waals surface area contributed by atoms with Crippen molar-refractivity contribution in [1.82, 2.24) is 14.8 Å². The zero-order valence-corrected chi connectivity index (χ0v) is 15.3. The average molecular weight is 423 g/mol. The minimum Gasteiger partial charge on any atom is -0.476 e. The highest BCUT2D eigenvalue weighted by Crippen LogP contribution is 2.31. The molecule has 1 N–H and O–H groups in total. The summed E-state index contributed by atoms with van der Waals surface area (Å²) in [5.74, 6) is -3.23. The first-order valence-corrected chi connectivity index (χ1v) is 8.32. The van der Waals surface area contributed by atoms with E-state index < -0.39 is 35.2 Å². The van der Waals surface area contributed by atoms with Crippen LogP contribution in [0, 0.1) is 5.82 Å². The predicted octanol–water partition coefficient (Wildman–Crippen LogP) is 3.50. The van der Waals surface area contributed by atoms with Gasteiger partial charge in [0.2, 0.25) is 0 Å². The summed E-state index contributed by atoms with van der Waals surface area (Å²) in [4.78, 5) is 27.1. The molecule has 1 aromatic carbocycles. The second-order valence-electron chi connectivity index (χ2n) is 6.17. The van der Waals surface area contributed by atoms with Gasteiger partial charge in [0.15, 0.2) is 17.2 Å². The Morgan fingerprint density at radius 1 is 1.13 bits per heavy atom. The Hall–Kier alpha value is -3.76. The SMILES string of the molecule is COC(=O)c1cc(C(=O)O)nn1-c1cc(Cc2cc(F)cc(C(F)(F)F)c2)ccn1. The highest BCUT2D eigenvalue weighted by molar-refractivity contribution is 5.92. The van der Waals surface area contributed by atoms with E-state index in [2.05, 4.69) is 14.8 Å². The fourth-order valence-electron chi connectivity index (χ4n) is 2.75. The van der Waals surface area contributed by atoms with Crippen LogP contribution in [0.4, 0.5) is 17.6 Å². The van der Waals surface area contributed by atoms with Crippen LogP contribution in [-0.4, -0.2) is 38.9 Å². The number of esters is 1. The molecule has 0 saturated heterocycles. The van der Waals surface area contributed by atoms with E-state index in [1.807, 2.05) is 0 Å². The number of halogens is 4. The van der Waals surface area contributed by atoms with Gasteiger partial charge in [-0.2, -0.15) is 18.3 Å².